The summed E-state index contributed by atoms with van der Waals surface area (Å²) in [6, 6.07) is 7.70. The van der Waals surface area contributed by atoms with Crippen molar-refractivity contribution < 1.29 is 13.9 Å². The van der Waals surface area contributed by atoms with Gasteiger partial charge < -0.3 is 14.8 Å². The van der Waals surface area contributed by atoms with Crippen LogP contribution in [0.1, 0.15) is 18.5 Å². The first-order valence-corrected chi connectivity index (χ1v) is 8.43. The molecule has 0 amide bonds. The maximum atomic E-state index is 13.2. The van der Waals surface area contributed by atoms with Crippen molar-refractivity contribution in [3.8, 4) is 17.4 Å². The van der Waals surface area contributed by atoms with Gasteiger partial charge in [-0.3, -0.25) is 0 Å². The third-order valence-electron chi connectivity index (χ3n) is 3.94. The molecule has 0 radical (unpaired) electrons. The minimum Gasteiger partial charge on any atom is -0.488 e. The summed E-state index contributed by atoms with van der Waals surface area (Å²) in [7, 11) is 0. The fourth-order valence-corrected chi connectivity index (χ4v) is 2.84. The molecule has 128 valence electrons. The van der Waals surface area contributed by atoms with Crippen molar-refractivity contribution in [2.24, 2.45) is 5.92 Å². The second kappa shape index (κ2) is 7.81. The number of halogens is 2. The summed E-state index contributed by atoms with van der Waals surface area (Å²) in [4.78, 5) is 4.38. The predicted octanol–water partition coefficient (Wildman–Crippen LogP) is 4.35. The van der Waals surface area contributed by atoms with E-state index in [2.05, 4.69) is 10.3 Å². The summed E-state index contributed by atoms with van der Waals surface area (Å²) in [5.74, 6) is 1.31. The molecule has 6 heteroatoms. The molecule has 1 atom stereocenters. The molecule has 3 rings (SSSR count). The summed E-state index contributed by atoms with van der Waals surface area (Å²) in [5.41, 5.74) is 0.801. The highest BCUT2D eigenvalue weighted by Gasteiger charge is 2.16. The largest absolute Gasteiger partial charge is 0.488 e. The quantitative estimate of drug-likeness (QED) is 0.870. The van der Waals surface area contributed by atoms with Gasteiger partial charge >= 0.3 is 0 Å². The third-order valence-corrected chi connectivity index (χ3v) is 4.23. The highest BCUT2D eigenvalue weighted by Crippen LogP contribution is 2.34. The zero-order chi connectivity index (χ0) is 16.9. The Labute approximate surface area is 146 Å². The first-order valence-electron chi connectivity index (χ1n) is 8.06. The van der Waals surface area contributed by atoms with E-state index in [1.54, 1.807) is 0 Å². The standard InChI is InChI=1S/C18H20ClFN2O2/c1-12-4-6-17(23-11-13-3-2-8-21-10-13)18(22-12)24-16-7-5-14(20)9-15(16)19/h4-7,9,13,21H,2-3,8,10-11H2,1H3/t13-/m0/s1. The number of hydrogen-bond donors (Lipinski definition) is 1. The van der Waals surface area contributed by atoms with Crippen molar-refractivity contribution in [2.75, 3.05) is 19.7 Å². The third kappa shape index (κ3) is 4.36. The van der Waals surface area contributed by atoms with Crippen molar-refractivity contribution in [3.63, 3.8) is 0 Å². The lowest BCUT2D eigenvalue weighted by Crippen LogP contribution is -2.33. The molecule has 2 aromatic rings. The lowest BCUT2D eigenvalue weighted by Gasteiger charge is -2.23. The molecule has 1 fully saturated rings. The maximum Gasteiger partial charge on any atom is 0.262 e. The van der Waals surface area contributed by atoms with Crippen LogP contribution in [0.2, 0.25) is 5.02 Å². The van der Waals surface area contributed by atoms with Crippen molar-refractivity contribution in [1.82, 2.24) is 10.3 Å². The molecule has 0 saturated carbocycles. The highest BCUT2D eigenvalue weighted by atomic mass is 35.5. The molecule has 1 saturated heterocycles. The number of benzene rings is 1. The molecular weight excluding hydrogens is 331 g/mol. The maximum absolute atomic E-state index is 13.2. The number of piperidine rings is 1. The molecule has 2 heterocycles. The SMILES string of the molecule is Cc1ccc(OC[C@H]2CCCNC2)c(Oc2ccc(F)cc2Cl)n1. The second-order valence-corrected chi connectivity index (χ2v) is 6.36. The fourth-order valence-electron chi connectivity index (χ4n) is 2.64. The summed E-state index contributed by atoms with van der Waals surface area (Å²) >= 11 is 6.03. The molecule has 1 aromatic heterocycles. The predicted molar refractivity (Wildman–Crippen MR) is 91.5 cm³/mol. The van der Waals surface area contributed by atoms with E-state index in [1.165, 1.54) is 18.2 Å². The van der Waals surface area contributed by atoms with E-state index >= 15 is 0 Å². The average molecular weight is 351 g/mol. The van der Waals surface area contributed by atoms with Crippen molar-refractivity contribution in [2.45, 2.75) is 19.8 Å². The topological polar surface area (TPSA) is 43.4 Å². The Hall–Kier alpha value is -1.85. The van der Waals surface area contributed by atoms with E-state index in [0.29, 0.717) is 29.9 Å². The van der Waals surface area contributed by atoms with Gasteiger partial charge in [0.15, 0.2) is 5.75 Å². The van der Waals surface area contributed by atoms with Gasteiger partial charge in [0.05, 0.1) is 11.6 Å². The van der Waals surface area contributed by atoms with Crippen LogP contribution in [0.5, 0.6) is 17.4 Å². The Morgan fingerprint density at radius 1 is 1.29 bits per heavy atom. The Morgan fingerprint density at radius 2 is 2.12 bits per heavy atom. The van der Waals surface area contributed by atoms with E-state index in [9.17, 15) is 4.39 Å². The number of hydrogen-bond acceptors (Lipinski definition) is 4. The molecule has 0 aliphatic carbocycles. The van der Waals surface area contributed by atoms with Gasteiger partial charge in [0.25, 0.3) is 5.88 Å². The number of nitrogens with zero attached hydrogens (tertiary/aromatic N) is 1. The average Bonchev–Trinajstić information content (AvgIpc) is 2.57. The van der Waals surface area contributed by atoms with E-state index in [-0.39, 0.29) is 5.02 Å². The molecule has 0 unspecified atom stereocenters. The van der Waals surface area contributed by atoms with Crippen LogP contribution in [0.25, 0.3) is 0 Å². The molecule has 1 N–H and O–H groups in total. The van der Waals surface area contributed by atoms with Crippen molar-refractivity contribution in [1.29, 1.82) is 0 Å². The molecule has 24 heavy (non-hydrogen) atoms. The van der Waals surface area contributed by atoms with E-state index in [4.69, 9.17) is 21.1 Å². The van der Waals surface area contributed by atoms with Gasteiger partial charge in [-0.05, 0) is 56.6 Å². The van der Waals surface area contributed by atoms with Gasteiger partial charge in [0.1, 0.15) is 11.6 Å². The van der Waals surface area contributed by atoms with E-state index in [1.807, 2.05) is 19.1 Å². The van der Waals surface area contributed by atoms with Crippen LogP contribution in [0.15, 0.2) is 30.3 Å². The molecule has 1 aliphatic heterocycles. The summed E-state index contributed by atoms with van der Waals surface area (Å²) in [6.07, 6.45) is 2.31. The lowest BCUT2D eigenvalue weighted by atomic mass is 10.0. The van der Waals surface area contributed by atoms with E-state index < -0.39 is 5.82 Å². The number of aromatic nitrogens is 1. The number of pyridine rings is 1. The zero-order valence-electron chi connectivity index (χ0n) is 13.5. The van der Waals surface area contributed by atoms with Gasteiger partial charge in [-0.2, -0.15) is 0 Å². The first kappa shape index (κ1) is 17.0. The van der Waals surface area contributed by atoms with Gasteiger partial charge in [-0.25, -0.2) is 9.37 Å². The Kier molecular flexibility index (Phi) is 5.53. The molecule has 0 spiro atoms. The normalized spacial score (nSPS) is 17.5. The van der Waals surface area contributed by atoms with Crippen LogP contribution in [-0.4, -0.2) is 24.7 Å². The van der Waals surface area contributed by atoms with Gasteiger partial charge in [-0.1, -0.05) is 11.6 Å². The van der Waals surface area contributed by atoms with E-state index in [0.717, 1.165) is 31.6 Å². The Bertz CT molecular complexity index is 705. The van der Waals surface area contributed by atoms with Crippen molar-refractivity contribution in [3.05, 3.63) is 46.9 Å². The minimum atomic E-state index is -0.411. The molecule has 0 bridgehead atoms. The fraction of sp³-hybridized carbons (Fsp3) is 0.389. The molecule has 4 nitrogen and oxygen atoms in total. The van der Waals surface area contributed by atoms with Crippen LogP contribution >= 0.6 is 11.6 Å². The number of aryl methyl sites for hydroxylation is 1. The van der Waals surface area contributed by atoms with Crippen LogP contribution < -0.4 is 14.8 Å². The summed E-state index contributed by atoms with van der Waals surface area (Å²) < 4.78 is 24.9. The summed E-state index contributed by atoms with van der Waals surface area (Å²) in [6.45, 7) is 4.50. The second-order valence-electron chi connectivity index (χ2n) is 5.96. The van der Waals surface area contributed by atoms with Gasteiger partial charge in [-0.15, -0.1) is 0 Å². The highest BCUT2D eigenvalue weighted by molar-refractivity contribution is 6.32. The van der Waals surface area contributed by atoms with Crippen LogP contribution in [0, 0.1) is 18.7 Å². The molecule has 1 aromatic carbocycles. The minimum absolute atomic E-state index is 0.195. The Balaban J connectivity index is 1.74. The van der Waals surface area contributed by atoms with Crippen LogP contribution in [0.4, 0.5) is 4.39 Å². The number of rotatable bonds is 5. The lowest BCUT2D eigenvalue weighted by molar-refractivity contribution is 0.211. The zero-order valence-corrected chi connectivity index (χ0v) is 14.3. The number of ether oxygens (including phenoxy) is 2. The molecular formula is C18H20ClFN2O2. The van der Waals surface area contributed by atoms with Gasteiger partial charge in [0.2, 0.25) is 0 Å². The first-order chi connectivity index (χ1) is 11.6. The van der Waals surface area contributed by atoms with Crippen LogP contribution in [-0.2, 0) is 0 Å². The monoisotopic (exact) mass is 350 g/mol. The number of nitrogens with one attached hydrogen (secondary N) is 1. The van der Waals surface area contributed by atoms with Crippen LogP contribution in [0.3, 0.4) is 0 Å². The Morgan fingerprint density at radius 3 is 2.88 bits per heavy atom. The van der Waals surface area contributed by atoms with Gasteiger partial charge in [0, 0.05) is 18.2 Å². The van der Waals surface area contributed by atoms with Crippen molar-refractivity contribution >= 4 is 11.6 Å². The smallest absolute Gasteiger partial charge is 0.262 e. The summed E-state index contributed by atoms with van der Waals surface area (Å²) in [5, 5.41) is 3.56. The molecule has 1 aliphatic rings.